The Hall–Kier alpha value is -3.92. The predicted octanol–water partition coefficient (Wildman–Crippen LogP) is 3.13. The smallest absolute Gasteiger partial charge is 0.275 e. The van der Waals surface area contributed by atoms with E-state index >= 15 is 0 Å². The second kappa shape index (κ2) is 14.7. The fraction of sp³-hybridized carbons (Fsp3) is 0.448. The van der Waals surface area contributed by atoms with Crippen LogP contribution in [-0.2, 0) is 9.47 Å². The maximum atomic E-state index is 14.6. The molecule has 2 fully saturated rings. The average Bonchev–Trinajstić information content (AvgIpc) is 3.72. The Labute approximate surface area is 257 Å². The molecule has 44 heavy (non-hydrogen) atoms. The van der Waals surface area contributed by atoms with E-state index in [-0.39, 0.29) is 41.7 Å². The summed E-state index contributed by atoms with van der Waals surface area (Å²) in [5, 5.41) is 8.83. The summed E-state index contributed by atoms with van der Waals surface area (Å²) in [6, 6.07) is 1.74. The summed E-state index contributed by atoms with van der Waals surface area (Å²) < 4.78 is 40.7. The highest BCUT2D eigenvalue weighted by Gasteiger charge is 2.23. The third kappa shape index (κ3) is 7.96. The molecule has 0 unspecified atom stereocenters. The number of halogens is 2. The van der Waals surface area contributed by atoms with E-state index in [1.165, 1.54) is 28.4 Å². The fourth-order valence-electron chi connectivity index (χ4n) is 4.97. The second-order valence-electron chi connectivity index (χ2n) is 10.4. The highest BCUT2D eigenvalue weighted by atomic mass is 32.1. The Morgan fingerprint density at radius 1 is 1.20 bits per heavy atom. The molecule has 4 heterocycles. The van der Waals surface area contributed by atoms with E-state index < -0.39 is 23.4 Å². The number of nitrogens with two attached hydrogens (primary N) is 1. The largest absolute Gasteiger partial charge is 0.395 e. The van der Waals surface area contributed by atoms with Crippen LogP contribution in [0.5, 0.6) is 0 Å². The van der Waals surface area contributed by atoms with E-state index in [2.05, 4.69) is 25.4 Å². The first-order valence-electron chi connectivity index (χ1n) is 14.4. The molecule has 0 radical (unpaired) electrons. The molecule has 15 heteroatoms. The quantitative estimate of drug-likeness (QED) is 0.255. The van der Waals surface area contributed by atoms with Crippen LogP contribution in [0.3, 0.4) is 0 Å². The zero-order chi connectivity index (χ0) is 31.1. The van der Waals surface area contributed by atoms with Crippen molar-refractivity contribution in [3.8, 4) is 10.6 Å². The van der Waals surface area contributed by atoms with Gasteiger partial charge in [-0.2, -0.15) is 9.49 Å². The Morgan fingerprint density at radius 2 is 1.98 bits per heavy atom. The van der Waals surface area contributed by atoms with Gasteiger partial charge in [-0.05, 0) is 44.7 Å². The van der Waals surface area contributed by atoms with E-state index in [9.17, 15) is 18.4 Å². The van der Waals surface area contributed by atoms with Crippen molar-refractivity contribution in [1.82, 2.24) is 30.0 Å². The number of morpholine rings is 1. The molecule has 0 bridgehead atoms. The van der Waals surface area contributed by atoms with E-state index in [1.807, 2.05) is 11.8 Å². The minimum atomic E-state index is -0.922. The molecule has 2 aliphatic rings. The first-order valence-corrected chi connectivity index (χ1v) is 15.3. The number of allylic oxidation sites excluding steroid dienone is 1. The van der Waals surface area contributed by atoms with Crippen LogP contribution in [0.15, 0.2) is 40.6 Å². The van der Waals surface area contributed by atoms with Gasteiger partial charge in [-0.1, -0.05) is 0 Å². The molecule has 3 aromatic rings. The summed E-state index contributed by atoms with van der Waals surface area (Å²) in [7, 11) is 0. The number of nitrogens with one attached hydrogen (secondary N) is 1. The van der Waals surface area contributed by atoms with Gasteiger partial charge in [0.05, 0.1) is 49.5 Å². The zero-order valence-electron chi connectivity index (χ0n) is 24.2. The number of aromatic nitrogens is 4. The number of rotatable bonds is 10. The molecule has 3 N–H and O–H groups in total. The molecule has 0 atom stereocenters. The van der Waals surface area contributed by atoms with Crippen LogP contribution >= 0.6 is 11.3 Å². The first-order chi connectivity index (χ1) is 21.3. The van der Waals surface area contributed by atoms with E-state index in [0.29, 0.717) is 43.5 Å². The molecule has 5 rings (SSSR count). The minimum Gasteiger partial charge on any atom is -0.395 e. The van der Waals surface area contributed by atoms with E-state index in [1.54, 1.807) is 11.6 Å². The van der Waals surface area contributed by atoms with Crippen LogP contribution < -0.4 is 11.1 Å². The van der Waals surface area contributed by atoms with Gasteiger partial charge in [0.1, 0.15) is 16.4 Å². The number of thiazole rings is 1. The van der Waals surface area contributed by atoms with Gasteiger partial charge in [0.2, 0.25) is 5.95 Å². The van der Waals surface area contributed by atoms with E-state index in [0.717, 1.165) is 37.8 Å². The third-order valence-corrected chi connectivity index (χ3v) is 8.24. The molecular weight excluding hydrogens is 594 g/mol. The molecule has 1 saturated heterocycles. The van der Waals surface area contributed by atoms with Crippen LogP contribution in [-0.4, -0.2) is 94.3 Å². The van der Waals surface area contributed by atoms with Gasteiger partial charge in [0.15, 0.2) is 5.82 Å². The standard InChI is InChI=1S/C29H34F2N8O4S/c1-2-43-20-5-3-19(4-6-20)33-14-22(26(32)27-21(30)7-8-24(31)37-27)35-28(41)23-17-44-29(36-23)18-13-34-39(15-18)25(40)16-38-9-11-42-12-10-38/h7-8,13-15,17,19-20H,2-6,9-12,16,32H2,1H3,(H,35,41)/b26-22+,33-14?. The number of hydrogen-bond acceptors (Lipinski definition) is 11. The lowest BCUT2D eigenvalue weighted by atomic mass is 9.93. The number of hydrogen-bond donors (Lipinski definition) is 2. The summed E-state index contributed by atoms with van der Waals surface area (Å²) in [5.41, 5.74) is 6.08. The van der Waals surface area contributed by atoms with Gasteiger partial charge in [-0.3, -0.25) is 19.5 Å². The molecular formula is C29H34F2N8O4S. The van der Waals surface area contributed by atoms with Crippen LogP contribution in [0.2, 0.25) is 0 Å². The Balaban J connectivity index is 1.31. The number of aliphatic imine (C=N–C) groups is 1. The van der Waals surface area contributed by atoms with Crippen LogP contribution in [0.1, 0.15) is 53.6 Å². The van der Waals surface area contributed by atoms with E-state index in [4.69, 9.17) is 15.2 Å². The van der Waals surface area contributed by atoms with Crippen molar-refractivity contribution in [2.75, 3.05) is 39.5 Å². The average molecular weight is 629 g/mol. The van der Waals surface area contributed by atoms with Crippen molar-refractivity contribution < 1.29 is 27.8 Å². The predicted molar refractivity (Wildman–Crippen MR) is 160 cm³/mol. The molecule has 0 spiro atoms. The molecule has 1 aliphatic heterocycles. The van der Waals surface area contributed by atoms with Gasteiger partial charge in [-0.15, -0.1) is 11.3 Å². The zero-order valence-corrected chi connectivity index (χ0v) is 25.1. The molecule has 1 amide bonds. The van der Waals surface area contributed by atoms with Crippen molar-refractivity contribution >= 4 is 35.1 Å². The summed E-state index contributed by atoms with van der Waals surface area (Å²) in [5.74, 6) is -2.60. The van der Waals surface area contributed by atoms with Crippen molar-refractivity contribution in [3.05, 3.63) is 58.8 Å². The summed E-state index contributed by atoms with van der Waals surface area (Å²) in [6.45, 7) is 5.33. The Bertz CT molecular complexity index is 1530. The Morgan fingerprint density at radius 3 is 2.73 bits per heavy atom. The number of carbonyl (C=O) groups excluding carboxylic acids is 2. The molecule has 12 nitrogen and oxygen atoms in total. The highest BCUT2D eigenvalue weighted by molar-refractivity contribution is 7.13. The first kappa shape index (κ1) is 31.5. The van der Waals surface area contributed by atoms with Gasteiger partial charge in [0.25, 0.3) is 11.8 Å². The van der Waals surface area contributed by atoms with Gasteiger partial charge in [-0.25, -0.2) is 19.0 Å². The lowest BCUT2D eigenvalue weighted by molar-refractivity contribution is 0.0335. The number of nitrogens with zero attached hydrogens (tertiary/aromatic N) is 6. The Kier molecular flexibility index (Phi) is 10.5. The maximum absolute atomic E-state index is 14.6. The SMILES string of the molecule is CCOC1CCC(N=C/C(NC(=O)c2csc(-c3cnn(C(=O)CN4CCOCC4)c3)n2)=C(\N)c2nc(F)ccc2F)CC1. The second-order valence-corrected chi connectivity index (χ2v) is 11.3. The highest BCUT2D eigenvalue weighted by Crippen LogP contribution is 2.25. The molecule has 234 valence electrons. The van der Waals surface area contributed by atoms with Crippen LogP contribution in [0.4, 0.5) is 8.78 Å². The summed E-state index contributed by atoms with van der Waals surface area (Å²) in [4.78, 5) is 40.5. The lowest BCUT2D eigenvalue weighted by Gasteiger charge is -2.26. The topological polar surface area (TPSA) is 150 Å². The number of ether oxygens (including phenoxy) is 2. The summed E-state index contributed by atoms with van der Waals surface area (Å²) in [6.07, 6.45) is 7.85. The number of pyridine rings is 1. The van der Waals surface area contributed by atoms with Crippen LogP contribution in [0.25, 0.3) is 16.3 Å². The van der Waals surface area contributed by atoms with Gasteiger partial charge >= 0.3 is 0 Å². The minimum absolute atomic E-state index is 0.0324. The van der Waals surface area contributed by atoms with Gasteiger partial charge in [0, 0.05) is 43.1 Å². The maximum Gasteiger partial charge on any atom is 0.275 e. The van der Waals surface area contributed by atoms with Crippen molar-refractivity contribution in [1.29, 1.82) is 0 Å². The fourth-order valence-corrected chi connectivity index (χ4v) is 5.75. The molecule has 3 aromatic heterocycles. The van der Waals surface area contributed by atoms with Gasteiger partial charge < -0.3 is 20.5 Å². The van der Waals surface area contributed by atoms with Crippen molar-refractivity contribution in [2.24, 2.45) is 10.7 Å². The molecule has 1 aliphatic carbocycles. The summed E-state index contributed by atoms with van der Waals surface area (Å²) >= 11 is 1.19. The van der Waals surface area contributed by atoms with Crippen LogP contribution in [0, 0.1) is 11.8 Å². The number of amides is 1. The van der Waals surface area contributed by atoms with Crippen molar-refractivity contribution in [3.63, 3.8) is 0 Å². The third-order valence-electron chi connectivity index (χ3n) is 7.35. The number of carbonyl (C=O) groups is 2. The lowest BCUT2D eigenvalue weighted by Crippen LogP contribution is -2.40. The van der Waals surface area contributed by atoms with Crippen molar-refractivity contribution in [2.45, 2.75) is 44.8 Å². The normalized spacial score (nSPS) is 20.1. The molecule has 1 saturated carbocycles. The monoisotopic (exact) mass is 628 g/mol. The molecule has 0 aromatic carbocycles.